The van der Waals surface area contributed by atoms with Gasteiger partial charge in [-0.15, -0.1) is 0 Å². The number of likely N-dealkylation sites (tertiary alicyclic amines) is 1. The second-order valence-electron chi connectivity index (χ2n) is 4.56. The van der Waals surface area contributed by atoms with Gasteiger partial charge in [0.15, 0.2) is 0 Å². The molecule has 2 nitrogen and oxygen atoms in total. The summed E-state index contributed by atoms with van der Waals surface area (Å²) >= 11 is 0. The summed E-state index contributed by atoms with van der Waals surface area (Å²) in [5, 5.41) is 0. The van der Waals surface area contributed by atoms with E-state index in [0.717, 1.165) is 12.0 Å². The topological polar surface area (TPSA) is 6.48 Å². The van der Waals surface area contributed by atoms with Crippen LogP contribution in [0.15, 0.2) is 0 Å². The summed E-state index contributed by atoms with van der Waals surface area (Å²) in [5.74, 6) is 0.811. The van der Waals surface area contributed by atoms with E-state index in [4.69, 9.17) is 0 Å². The number of nitrogens with zero attached hydrogens (tertiary/aromatic N) is 2. The lowest BCUT2D eigenvalue weighted by atomic mass is 10.2. The third-order valence-corrected chi connectivity index (χ3v) is 2.60. The molecular weight excluding hydrogens is 148 g/mol. The fraction of sp³-hybridized carbons (Fsp3) is 1.00. The first-order valence-electron chi connectivity index (χ1n) is 4.98. The zero-order chi connectivity index (χ0) is 9.14. The Balaban J connectivity index is 2.26. The van der Waals surface area contributed by atoms with Gasteiger partial charge in [-0.2, -0.15) is 0 Å². The van der Waals surface area contributed by atoms with Crippen LogP contribution in [0.2, 0.25) is 0 Å². The maximum Gasteiger partial charge on any atom is 0.0229 e. The van der Waals surface area contributed by atoms with Gasteiger partial charge in [0, 0.05) is 19.1 Å². The van der Waals surface area contributed by atoms with Crippen molar-refractivity contribution >= 4 is 0 Å². The zero-order valence-corrected chi connectivity index (χ0v) is 8.88. The molecule has 2 heteroatoms. The summed E-state index contributed by atoms with van der Waals surface area (Å²) in [4.78, 5) is 4.93. The predicted octanol–water partition coefficient (Wildman–Crippen LogP) is 1.28. The quantitative estimate of drug-likeness (QED) is 0.629. The van der Waals surface area contributed by atoms with Crippen molar-refractivity contribution < 1.29 is 0 Å². The average molecular weight is 170 g/mol. The highest BCUT2D eigenvalue weighted by Crippen LogP contribution is 2.14. The summed E-state index contributed by atoms with van der Waals surface area (Å²) in [6.07, 6.45) is 1.35. The minimum absolute atomic E-state index is 0.795. The van der Waals surface area contributed by atoms with E-state index in [1.54, 1.807) is 0 Å². The van der Waals surface area contributed by atoms with Gasteiger partial charge in [0.1, 0.15) is 0 Å². The lowest BCUT2D eigenvalue weighted by Crippen LogP contribution is -2.32. The van der Waals surface area contributed by atoms with Gasteiger partial charge in [0.2, 0.25) is 0 Å². The molecule has 1 heterocycles. The molecule has 0 spiro atoms. The molecule has 0 aromatic heterocycles. The molecule has 1 unspecified atom stereocenters. The molecule has 1 fully saturated rings. The highest BCUT2D eigenvalue weighted by molar-refractivity contribution is 4.80. The molecule has 0 N–H and O–H groups in total. The van der Waals surface area contributed by atoms with Gasteiger partial charge in [0.05, 0.1) is 0 Å². The summed E-state index contributed by atoms with van der Waals surface area (Å²) in [7, 11) is 4.37. The second-order valence-corrected chi connectivity index (χ2v) is 4.56. The van der Waals surface area contributed by atoms with Gasteiger partial charge < -0.3 is 9.80 Å². The Morgan fingerprint density at radius 2 is 2.08 bits per heavy atom. The van der Waals surface area contributed by atoms with Crippen molar-refractivity contribution in [3.05, 3.63) is 0 Å². The smallest absolute Gasteiger partial charge is 0.0229 e. The fourth-order valence-corrected chi connectivity index (χ4v) is 1.92. The summed E-state index contributed by atoms with van der Waals surface area (Å²) in [6, 6.07) is 0.795. The normalized spacial score (nSPS) is 26.0. The van der Waals surface area contributed by atoms with Gasteiger partial charge >= 0.3 is 0 Å². The van der Waals surface area contributed by atoms with E-state index >= 15 is 0 Å². The molecule has 1 atom stereocenters. The maximum atomic E-state index is 2.58. The molecule has 12 heavy (non-hydrogen) atoms. The number of hydrogen-bond donors (Lipinski definition) is 0. The first kappa shape index (κ1) is 10.0. The van der Waals surface area contributed by atoms with Crippen LogP contribution in [0.5, 0.6) is 0 Å². The molecule has 0 saturated carbocycles. The fourth-order valence-electron chi connectivity index (χ4n) is 1.92. The molecule has 0 aromatic carbocycles. The van der Waals surface area contributed by atoms with Gasteiger partial charge in [-0.25, -0.2) is 0 Å². The SMILES string of the molecule is CC(C)CN1CCC(N(C)C)C1. The van der Waals surface area contributed by atoms with E-state index in [-0.39, 0.29) is 0 Å². The van der Waals surface area contributed by atoms with Crippen molar-refractivity contribution in [1.29, 1.82) is 0 Å². The maximum absolute atomic E-state index is 2.58. The number of rotatable bonds is 3. The molecule has 0 aliphatic carbocycles. The molecule has 1 rings (SSSR count). The lowest BCUT2D eigenvalue weighted by Gasteiger charge is -2.21. The molecule has 1 aliphatic rings. The van der Waals surface area contributed by atoms with Gasteiger partial charge in [-0.05, 0) is 33.0 Å². The van der Waals surface area contributed by atoms with Gasteiger partial charge in [-0.3, -0.25) is 0 Å². The van der Waals surface area contributed by atoms with E-state index in [1.165, 1.54) is 26.1 Å². The minimum atomic E-state index is 0.795. The molecule has 72 valence electrons. The molecule has 1 aliphatic heterocycles. The summed E-state index contributed by atoms with van der Waals surface area (Å²) in [5.41, 5.74) is 0. The minimum Gasteiger partial charge on any atom is -0.305 e. The predicted molar refractivity (Wildman–Crippen MR) is 53.4 cm³/mol. The molecule has 0 radical (unpaired) electrons. The van der Waals surface area contributed by atoms with E-state index in [9.17, 15) is 0 Å². The van der Waals surface area contributed by atoms with E-state index < -0.39 is 0 Å². The molecule has 0 bridgehead atoms. The van der Waals surface area contributed by atoms with Crippen LogP contribution in [0.3, 0.4) is 0 Å². The van der Waals surface area contributed by atoms with Crippen LogP contribution in [-0.4, -0.2) is 49.6 Å². The molecule has 0 amide bonds. The largest absolute Gasteiger partial charge is 0.305 e. The summed E-state index contributed by atoms with van der Waals surface area (Å²) in [6.45, 7) is 8.42. The Labute approximate surface area is 76.5 Å². The van der Waals surface area contributed by atoms with Crippen LogP contribution in [0.1, 0.15) is 20.3 Å². The van der Waals surface area contributed by atoms with Crippen molar-refractivity contribution in [2.24, 2.45) is 5.92 Å². The summed E-state index contributed by atoms with van der Waals surface area (Å²) < 4.78 is 0. The average Bonchev–Trinajstić information content (AvgIpc) is 2.34. The van der Waals surface area contributed by atoms with Crippen molar-refractivity contribution in [3.63, 3.8) is 0 Å². The van der Waals surface area contributed by atoms with Crippen LogP contribution < -0.4 is 0 Å². The van der Waals surface area contributed by atoms with Crippen LogP contribution in [0, 0.1) is 5.92 Å². The molecule has 0 aromatic rings. The van der Waals surface area contributed by atoms with Crippen LogP contribution in [0.25, 0.3) is 0 Å². The molecule has 1 saturated heterocycles. The Hall–Kier alpha value is -0.0800. The lowest BCUT2D eigenvalue weighted by molar-refractivity contribution is 0.252. The first-order valence-corrected chi connectivity index (χ1v) is 4.98. The first-order chi connectivity index (χ1) is 5.59. The zero-order valence-electron chi connectivity index (χ0n) is 8.88. The third kappa shape index (κ3) is 2.76. The van der Waals surface area contributed by atoms with E-state index in [0.29, 0.717) is 0 Å². The second kappa shape index (κ2) is 4.24. The number of hydrogen-bond acceptors (Lipinski definition) is 2. The van der Waals surface area contributed by atoms with Gasteiger partial charge in [0.25, 0.3) is 0 Å². The van der Waals surface area contributed by atoms with E-state index in [1.807, 2.05) is 0 Å². The Morgan fingerprint density at radius 3 is 2.50 bits per heavy atom. The number of likely N-dealkylation sites (N-methyl/N-ethyl adjacent to an activating group) is 1. The van der Waals surface area contributed by atoms with Crippen LogP contribution >= 0.6 is 0 Å². The monoisotopic (exact) mass is 170 g/mol. The highest BCUT2D eigenvalue weighted by Gasteiger charge is 2.23. The third-order valence-electron chi connectivity index (χ3n) is 2.60. The molecular formula is C10H22N2. The van der Waals surface area contributed by atoms with Crippen molar-refractivity contribution in [2.45, 2.75) is 26.3 Å². The van der Waals surface area contributed by atoms with Crippen molar-refractivity contribution in [2.75, 3.05) is 33.7 Å². The highest BCUT2D eigenvalue weighted by atomic mass is 15.2. The standard InChI is InChI=1S/C10H22N2/c1-9(2)7-12-6-5-10(8-12)11(3)4/h9-10H,5-8H2,1-4H3. The van der Waals surface area contributed by atoms with Crippen LogP contribution in [-0.2, 0) is 0 Å². The Bertz CT molecular complexity index is 132. The van der Waals surface area contributed by atoms with E-state index in [2.05, 4.69) is 37.7 Å². The van der Waals surface area contributed by atoms with Gasteiger partial charge in [-0.1, -0.05) is 13.8 Å². The van der Waals surface area contributed by atoms with Crippen molar-refractivity contribution in [1.82, 2.24) is 9.80 Å². The Morgan fingerprint density at radius 1 is 1.42 bits per heavy atom. The van der Waals surface area contributed by atoms with Crippen LogP contribution in [0.4, 0.5) is 0 Å². The Kier molecular flexibility index (Phi) is 3.53. The van der Waals surface area contributed by atoms with Crippen molar-refractivity contribution in [3.8, 4) is 0 Å².